The van der Waals surface area contributed by atoms with E-state index < -0.39 is 11.5 Å². The second-order valence-corrected chi connectivity index (χ2v) is 6.15. The van der Waals surface area contributed by atoms with Crippen molar-refractivity contribution < 1.29 is 4.79 Å². The summed E-state index contributed by atoms with van der Waals surface area (Å²) in [6.45, 7) is 2.50. The predicted octanol–water partition coefficient (Wildman–Crippen LogP) is 1.90. The normalized spacial score (nSPS) is 10.9. The van der Waals surface area contributed by atoms with Crippen LogP contribution in [0.1, 0.15) is 21.5 Å². The van der Waals surface area contributed by atoms with Gasteiger partial charge < -0.3 is 5.32 Å². The quantitative estimate of drug-likeness (QED) is 0.600. The number of nitrogens with zero attached hydrogens (tertiary/aromatic N) is 5. The van der Waals surface area contributed by atoms with Crippen LogP contribution in [-0.4, -0.2) is 30.1 Å². The van der Waals surface area contributed by atoms with E-state index in [1.54, 1.807) is 41.5 Å². The van der Waals surface area contributed by atoms with E-state index >= 15 is 0 Å². The van der Waals surface area contributed by atoms with Crippen LogP contribution in [0, 0.1) is 6.92 Å². The van der Waals surface area contributed by atoms with Gasteiger partial charge in [-0.25, -0.2) is 14.6 Å². The molecule has 1 aromatic carbocycles. The van der Waals surface area contributed by atoms with E-state index in [-0.39, 0.29) is 5.56 Å². The highest BCUT2D eigenvalue weighted by Gasteiger charge is 2.13. The van der Waals surface area contributed by atoms with Gasteiger partial charge in [0.05, 0.1) is 6.54 Å². The van der Waals surface area contributed by atoms with Gasteiger partial charge in [-0.2, -0.15) is 5.10 Å². The number of rotatable bonds is 4. The van der Waals surface area contributed by atoms with Gasteiger partial charge >= 0.3 is 0 Å². The van der Waals surface area contributed by atoms with Gasteiger partial charge in [-0.1, -0.05) is 12.1 Å². The molecule has 0 unspecified atom stereocenters. The maximum absolute atomic E-state index is 12.5. The van der Waals surface area contributed by atoms with Crippen LogP contribution in [0.25, 0.3) is 5.65 Å². The second kappa shape index (κ2) is 6.83. The van der Waals surface area contributed by atoms with E-state index in [0.717, 1.165) is 11.1 Å². The Morgan fingerprint density at radius 2 is 2.00 bits per heavy atom. The molecule has 0 aliphatic heterocycles. The number of carbonyl (C=O) groups is 1. The number of aromatic nitrogens is 5. The van der Waals surface area contributed by atoms with Crippen LogP contribution in [0.3, 0.4) is 0 Å². The average molecular weight is 360 g/mol. The molecule has 8 heteroatoms. The Kier molecular flexibility index (Phi) is 4.21. The summed E-state index contributed by atoms with van der Waals surface area (Å²) >= 11 is 0. The standard InChI is InChI=1S/C19H16N6O2/c1-13-6-7-25-17(8-13)21-9-16(19(25)27)18(26)23-15-4-2-14(3-5-15)10-24-12-20-11-22-24/h2-9,11-12H,10H2,1H3,(H,23,26). The van der Waals surface area contributed by atoms with Crippen molar-refractivity contribution in [2.24, 2.45) is 0 Å². The van der Waals surface area contributed by atoms with Crippen molar-refractivity contribution in [1.29, 1.82) is 0 Å². The van der Waals surface area contributed by atoms with Crippen LogP contribution in [0.4, 0.5) is 5.69 Å². The summed E-state index contributed by atoms with van der Waals surface area (Å²) in [6.07, 6.45) is 6.05. The molecule has 0 saturated heterocycles. The number of carbonyl (C=O) groups excluding carboxylic acids is 1. The third-order valence-corrected chi connectivity index (χ3v) is 4.13. The number of anilines is 1. The highest BCUT2D eigenvalue weighted by atomic mass is 16.2. The lowest BCUT2D eigenvalue weighted by Gasteiger charge is -2.08. The van der Waals surface area contributed by atoms with Crippen LogP contribution in [0.5, 0.6) is 0 Å². The van der Waals surface area contributed by atoms with Crippen LogP contribution >= 0.6 is 0 Å². The first-order valence-electron chi connectivity index (χ1n) is 8.31. The van der Waals surface area contributed by atoms with E-state index in [1.807, 2.05) is 19.1 Å². The van der Waals surface area contributed by atoms with Gasteiger partial charge in [0, 0.05) is 18.1 Å². The van der Waals surface area contributed by atoms with Crippen molar-refractivity contribution in [3.8, 4) is 0 Å². The Morgan fingerprint density at radius 3 is 2.74 bits per heavy atom. The second-order valence-electron chi connectivity index (χ2n) is 6.15. The van der Waals surface area contributed by atoms with Gasteiger partial charge in [0.25, 0.3) is 11.5 Å². The van der Waals surface area contributed by atoms with E-state index in [2.05, 4.69) is 20.4 Å². The molecular formula is C19H16N6O2. The van der Waals surface area contributed by atoms with E-state index in [4.69, 9.17) is 0 Å². The lowest BCUT2D eigenvalue weighted by atomic mass is 10.2. The molecule has 3 aromatic heterocycles. The van der Waals surface area contributed by atoms with E-state index in [9.17, 15) is 9.59 Å². The zero-order valence-electron chi connectivity index (χ0n) is 14.5. The minimum absolute atomic E-state index is 0.0111. The molecule has 27 heavy (non-hydrogen) atoms. The first-order valence-corrected chi connectivity index (χ1v) is 8.31. The Bertz CT molecular complexity index is 1160. The van der Waals surface area contributed by atoms with Gasteiger partial charge in [0.2, 0.25) is 0 Å². The number of fused-ring (bicyclic) bond motifs is 1. The molecule has 0 aliphatic rings. The van der Waals surface area contributed by atoms with Crippen molar-refractivity contribution in [3.05, 3.63) is 88.5 Å². The van der Waals surface area contributed by atoms with Gasteiger partial charge in [0.1, 0.15) is 23.9 Å². The molecule has 3 heterocycles. The van der Waals surface area contributed by atoms with Crippen LogP contribution in [0.2, 0.25) is 0 Å². The van der Waals surface area contributed by atoms with E-state index in [1.165, 1.54) is 16.9 Å². The average Bonchev–Trinajstić information content (AvgIpc) is 3.16. The predicted molar refractivity (Wildman–Crippen MR) is 99.7 cm³/mol. The highest BCUT2D eigenvalue weighted by Crippen LogP contribution is 2.12. The Morgan fingerprint density at radius 1 is 1.19 bits per heavy atom. The summed E-state index contributed by atoms with van der Waals surface area (Å²) in [5, 5.41) is 6.79. The monoisotopic (exact) mass is 360 g/mol. The summed E-state index contributed by atoms with van der Waals surface area (Å²) in [7, 11) is 0. The molecule has 0 aliphatic carbocycles. The Balaban J connectivity index is 1.53. The molecule has 134 valence electrons. The molecule has 1 amide bonds. The minimum Gasteiger partial charge on any atom is -0.322 e. The summed E-state index contributed by atoms with van der Waals surface area (Å²) < 4.78 is 3.07. The van der Waals surface area contributed by atoms with Crippen molar-refractivity contribution in [2.75, 3.05) is 5.32 Å². The number of hydrogen-bond acceptors (Lipinski definition) is 5. The number of amides is 1. The van der Waals surface area contributed by atoms with Gasteiger partial charge in [-0.05, 0) is 42.3 Å². The number of pyridine rings is 1. The summed E-state index contributed by atoms with van der Waals surface area (Å²) in [5.41, 5.74) is 2.69. The maximum atomic E-state index is 12.5. The fourth-order valence-corrected chi connectivity index (χ4v) is 2.73. The van der Waals surface area contributed by atoms with Crippen molar-refractivity contribution >= 4 is 17.2 Å². The molecule has 0 bridgehead atoms. The van der Waals surface area contributed by atoms with Crippen LogP contribution in [0.15, 0.2) is 66.2 Å². The largest absolute Gasteiger partial charge is 0.322 e. The molecule has 0 atom stereocenters. The first-order chi connectivity index (χ1) is 13.1. The molecule has 4 aromatic rings. The zero-order chi connectivity index (χ0) is 18.8. The molecule has 0 saturated carbocycles. The SMILES string of the molecule is Cc1ccn2c(=O)c(C(=O)Nc3ccc(Cn4cncn4)cc3)cnc2c1. The third kappa shape index (κ3) is 3.45. The van der Waals surface area contributed by atoms with Gasteiger partial charge in [0.15, 0.2) is 0 Å². The maximum Gasteiger partial charge on any atom is 0.270 e. The third-order valence-electron chi connectivity index (χ3n) is 4.13. The summed E-state index contributed by atoms with van der Waals surface area (Å²) in [4.78, 5) is 33.2. The molecule has 0 spiro atoms. The minimum atomic E-state index is -0.494. The summed E-state index contributed by atoms with van der Waals surface area (Å²) in [6, 6.07) is 10.9. The number of aryl methyl sites for hydroxylation is 1. The van der Waals surface area contributed by atoms with Gasteiger partial charge in [-0.15, -0.1) is 0 Å². The number of benzene rings is 1. The fraction of sp³-hybridized carbons (Fsp3) is 0.105. The number of hydrogen-bond donors (Lipinski definition) is 1. The molecular weight excluding hydrogens is 344 g/mol. The van der Waals surface area contributed by atoms with Crippen molar-refractivity contribution in [3.63, 3.8) is 0 Å². The van der Waals surface area contributed by atoms with Crippen LogP contribution in [-0.2, 0) is 6.54 Å². The Hall–Kier alpha value is -3.81. The molecule has 4 rings (SSSR count). The fourth-order valence-electron chi connectivity index (χ4n) is 2.73. The molecule has 0 radical (unpaired) electrons. The molecule has 8 nitrogen and oxygen atoms in total. The van der Waals surface area contributed by atoms with Crippen LogP contribution < -0.4 is 10.9 Å². The molecule has 1 N–H and O–H groups in total. The number of nitrogens with one attached hydrogen (secondary N) is 1. The topological polar surface area (TPSA) is 94.2 Å². The molecule has 0 fully saturated rings. The van der Waals surface area contributed by atoms with Crippen molar-refractivity contribution in [1.82, 2.24) is 24.1 Å². The smallest absolute Gasteiger partial charge is 0.270 e. The lowest BCUT2D eigenvalue weighted by Crippen LogP contribution is -2.26. The zero-order valence-corrected chi connectivity index (χ0v) is 14.5. The lowest BCUT2D eigenvalue weighted by molar-refractivity contribution is 0.102. The van der Waals surface area contributed by atoms with Gasteiger partial charge in [-0.3, -0.25) is 14.0 Å². The first kappa shape index (κ1) is 16.6. The van der Waals surface area contributed by atoms with Crippen molar-refractivity contribution in [2.45, 2.75) is 13.5 Å². The highest BCUT2D eigenvalue weighted by molar-refractivity contribution is 6.03. The summed E-state index contributed by atoms with van der Waals surface area (Å²) in [5.74, 6) is -0.494. The Labute approximate surface area is 154 Å². The van der Waals surface area contributed by atoms with E-state index in [0.29, 0.717) is 17.9 Å².